The molecule has 1 aliphatic heterocycles. The highest BCUT2D eigenvalue weighted by Crippen LogP contribution is 2.61. The molecule has 2 amide bonds. The topological polar surface area (TPSA) is 384 Å². The third-order valence-electron chi connectivity index (χ3n) is 7.55. The van der Waals surface area contributed by atoms with Crippen molar-refractivity contribution >= 4 is 69.1 Å². The first kappa shape index (κ1) is 46.9. The van der Waals surface area contributed by atoms with Crippen LogP contribution in [0.25, 0.3) is 11.2 Å². The summed E-state index contributed by atoms with van der Waals surface area (Å²) < 4.78 is 62.0. The van der Waals surface area contributed by atoms with Crippen LogP contribution in [0.4, 0.5) is 5.82 Å². The number of nitrogens with two attached hydrogens (primary N) is 1. The van der Waals surface area contributed by atoms with Crippen molar-refractivity contribution in [1.82, 2.24) is 30.2 Å². The number of aliphatic hydroxyl groups excluding tert-OH is 3. The fraction of sp³-hybridized carbons (Fsp3) is 0.692. The number of carbonyl (C=O) groups is 3. The fourth-order valence-corrected chi connectivity index (χ4v) is 8.30. The third kappa shape index (κ3) is 14.8. The molecule has 2 aromatic heterocycles. The van der Waals surface area contributed by atoms with Crippen LogP contribution in [0.5, 0.6) is 0 Å². The number of hydrogen-bond acceptors (Lipinski definition) is 19. The number of nitrogen functional groups attached to an aromatic ring is 1. The number of amides is 2. The number of rotatable bonds is 23. The predicted octanol–water partition coefficient (Wildman–Crippen LogP) is -1.17. The maximum absolute atomic E-state index is 12.7. The smallest absolute Gasteiger partial charge is 0.396 e. The van der Waals surface area contributed by atoms with Crippen LogP contribution in [0.2, 0.25) is 0 Å². The highest BCUT2D eigenvalue weighted by molar-refractivity contribution is 8.13. The lowest BCUT2D eigenvalue weighted by molar-refractivity contribution is -0.137. The minimum Gasteiger partial charge on any atom is -0.396 e. The summed E-state index contributed by atoms with van der Waals surface area (Å²) in [6, 6.07) is 0. The second-order valence-corrected chi connectivity index (χ2v) is 17.9. The van der Waals surface area contributed by atoms with Crippen LogP contribution in [-0.2, 0) is 50.7 Å². The molecule has 7 atom stereocenters. The number of hydrogen-bond donors (Lipinski definition) is 10. The summed E-state index contributed by atoms with van der Waals surface area (Å²) >= 11 is 1.04. The molecule has 2 aromatic rings. The summed E-state index contributed by atoms with van der Waals surface area (Å²) in [6.07, 6.45) is -5.56. The monoisotopic (exact) mass is 867 g/mol. The number of nitrogens with one attached hydrogen (secondary N) is 2. The Kier molecular flexibility index (Phi) is 17.3. The standard InChI is InChI=1S/C26H44N7O18P3S/c1-26(2,21(38)24(39)29-7-6-16(35)28-8-10-55-17(36)5-3-4-9-34)12-48-54(45,46)51-53(43,44)47-11-15-20(50-52(40,41)42)19(37)25(49-15)33-14-32-18-22(27)30-13-31-23(18)33/h13-15,19-21,25,34,37-38H,3-12H2,1-2H3,(H,28,35)(H,29,39)(H,43,44)(H,45,46)(H2,27,30,31)(H2,40,41,42)/t15-,19-,20-,21?,25-/m1/s1. The molecule has 0 saturated carbocycles. The van der Waals surface area contributed by atoms with Crippen molar-refractivity contribution in [3.63, 3.8) is 0 Å². The SMILES string of the molecule is CC(C)(COP(=O)(O)OP(=O)(O)OC[C@H]1O[C@@H](n2cnc3c(N)ncnc32)[C@H](O)[C@@H]1OP(=O)(O)O)C(O)C(=O)NCCC(=O)NCCSC(=O)CCCCO. The van der Waals surface area contributed by atoms with Gasteiger partial charge in [-0.05, 0) is 12.8 Å². The van der Waals surface area contributed by atoms with Crippen LogP contribution in [0.1, 0.15) is 45.8 Å². The minimum atomic E-state index is -5.57. The van der Waals surface area contributed by atoms with Gasteiger partial charge in [0.05, 0.1) is 19.5 Å². The first-order valence-electron chi connectivity index (χ1n) is 16.2. The summed E-state index contributed by atoms with van der Waals surface area (Å²) in [4.78, 5) is 87.1. The number of thioether (sulfide) groups is 1. The molecule has 0 radical (unpaired) electrons. The number of aromatic nitrogens is 4. The molecule has 25 nitrogen and oxygen atoms in total. The minimum absolute atomic E-state index is 0.000201. The van der Waals surface area contributed by atoms with Gasteiger partial charge in [0.15, 0.2) is 22.8 Å². The zero-order valence-corrected chi connectivity index (χ0v) is 32.8. The van der Waals surface area contributed by atoms with Gasteiger partial charge < -0.3 is 56.0 Å². The number of phosphoric acid groups is 3. The average Bonchev–Trinajstić information content (AvgIpc) is 3.64. The lowest BCUT2D eigenvalue weighted by Crippen LogP contribution is -2.46. The first-order valence-corrected chi connectivity index (χ1v) is 21.7. The molecule has 3 unspecified atom stereocenters. The van der Waals surface area contributed by atoms with Gasteiger partial charge >= 0.3 is 23.5 Å². The largest absolute Gasteiger partial charge is 0.481 e. The molecule has 1 fully saturated rings. The maximum atomic E-state index is 12.7. The number of aliphatic hydroxyl groups is 3. The van der Waals surface area contributed by atoms with Crippen molar-refractivity contribution in [2.24, 2.45) is 5.41 Å². The van der Waals surface area contributed by atoms with Gasteiger partial charge in [-0.15, -0.1) is 0 Å². The maximum Gasteiger partial charge on any atom is 0.481 e. The summed E-state index contributed by atoms with van der Waals surface area (Å²) in [6.45, 7) is 0.436. The van der Waals surface area contributed by atoms with Gasteiger partial charge in [-0.1, -0.05) is 25.6 Å². The van der Waals surface area contributed by atoms with Gasteiger partial charge in [-0.25, -0.2) is 28.6 Å². The highest BCUT2D eigenvalue weighted by Gasteiger charge is 2.50. The van der Waals surface area contributed by atoms with Crippen LogP contribution in [-0.4, -0.2) is 134 Å². The molecule has 1 aliphatic rings. The van der Waals surface area contributed by atoms with E-state index in [0.717, 1.165) is 29.0 Å². The van der Waals surface area contributed by atoms with E-state index in [1.54, 1.807) is 0 Å². The van der Waals surface area contributed by atoms with Crippen LogP contribution in [0.15, 0.2) is 12.7 Å². The van der Waals surface area contributed by atoms with E-state index in [2.05, 4.69) is 34.4 Å². The number of anilines is 1. The molecule has 0 aromatic carbocycles. The molecule has 55 heavy (non-hydrogen) atoms. The third-order valence-corrected chi connectivity index (χ3v) is 11.6. The number of phosphoric ester groups is 3. The summed E-state index contributed by atoms with van der Waals surface area (Å²) in [5.41, 5.74) is 4.24. The van der Waals surface area contributed by atoms with Gasteiger partial charge in [0.25, 0.3) is 0 Å². The predicted molar refractivity (Wildman–Crippen MR) is 188 cm³/mol. The van der Waals surface area contributed by atoms with E-state index in [9.17, 15) is 57.9 Å². The Morgan fingerprint density at radius 2 is 1.73 bits per heavy atom. The molecule has 0 aliphatic carbocycles. The molecule has 29 heteroatoms. The van der Waals surface area contributed by atoms with Crippen molar-refractivity contribution < 1.29 is 85.6 Å². The first-order chi connectivity index (χ1) is 25.6. The molecule has 1 saturated heterocycles. The summed E-state index contributed by atoms with van der Waals surface area (Å²) in [5.74, 6) is -1.16. The zero-order valence-electron chi connectivity index (χ0n) is 29.3. The molecule has 0 bridgehead atoms. The van der Waals surface area contributed by atoms with Crippen molar-refractivity contribution in [1.29, 1.82) is 0 Å². The van der Waals surface area contributed by atoms with Crippen molar-refractivity contribution in [3.05, 3.63) is 12.7 Å². The highest BCUT2D eigenvalue weighted by atomic mass is 32.2. The van der Waals surface area contributed by atoms with Crippen LogP contribution >= 0.6 is 35.2 Å². The second-order valence-electron chi connectivity index (χ2n) is 12.5. The quantitative estimate of drug-likeness (QED) is 0.0464. The fourth-order valence-electron chi connectivity index (χ4n) is 4.75. The molecule has 0 spiro atoms. The van der Waals surface area contributed by atoms with E-state index in [4.69, 9.17) is 24.6 Å². The van der Waals surface area contributed by atoms with Crippen molar-refractivity contribution in [2.45, 2.75) is 70.2 Å². The molecule has 11 N–H and O–H groups in total. The second kappa shape index (κ2) is 20.3. The molecular weight excluding hydrogens is 823 g/mol. The number of imidazole rings is 1. The average molecular weight is 868 g/mol. The molecule has 3 rings (SSSR count). The van der Waals surface area contributed by atoms with E-state index < -0.39 is 84.6 Å². The van der Waals surface area contributed by atoms with Crippen LogP contribution in [0, 0.1) is 5.41 Å². The van der Waals surface area contributed by atoms with Crippen molar-refractivity contribution in [2.75, 3.05) is 44.4 Å². The van der Waals surface area contributed by atoms with Crippen molar-refractivity contribution in [3.8, 4) is 0 Å². The lowest BCUT2D eigenvalue weighted by Gasteiger charge is -2.30. The van der Waals surface area contributed by atoms with Crippen LogP contribution in [0.3, 0.4) is 0 Å². The number of nitrogens with zero attached hydrogens (tertiary/aromatic N) is 4. The number of fused-ring (bicyclic) bond motifs is 1. The van der Waals surface area contributed by atoms with Gasteiger partial charge in [0.1, 0.15) is 36.3 Å². The summed E-state index contributed by atoms with van der Waals surface area (Å²) in [7, 11) is -16.4. The van der Waals surface area contributed by atoms with Gasteiger partial charge in [0, 0.05) is 43.7 Å². The Morgan fingerprint density at radius 1 is 1.04 bits per heavy atom. The number of unbranched alkanes of at least 4 members (excludes halogenated alkanes) is 1. The Balaban J connectivity index is 1.49. The molecule has 3 heterocycles. The molecule has 312 valence electrons. The van der Waals surface area contributed by atoms with E-state index in [1.807, 2.05) is 0 Å². The number of carbonyl (C=O) groups excluding carboxylic acids is 3. The lowest BCUT2D eigenvalue weighted by atomic mass is 9.87. The Bertz CT molecular complexity index is 1780. The zero-order chi connectivity index (χ0) is 41.2. The molecular formula is C26H44N7O18P3S. The van der Waals surface area contributed by atoms with Gasteiger partial charge in [-0.2, -0.15) is 4.31 Å². The van der Waals surface area contributed by atoms with E-state index in [0.29, 0.717) is 25.0 Å². The van der Waals surface area contributed by atoms with Gasteiger partial charge in [-0.3, -0.25) is 32.5 Å². The number of ether oxygens (including phenoxy) is 1. The van der Waals surface area contributed by atoms with E-state index >= 15 is 0 Å². The summed E-state index contributed by atoms with van der Waals surface area (Å²) in [5, 5.41) is 35.0. The van der Waals surface area contributed by atoms with Gasteiger partial charge in [0.2, 0.25) is 11.8 Å². The van der Waals surface area contributed by atoms with Crippen LogP contribution < -0.4 is 16.4 Å². The Hall–Kier alpha value is -2.48. The normalized spacial score (nSPS) is 21.8. The van der Waals surface area contributed by atoms with E-state index in [1.165, 1.54) is 13.8 Å². The Labute approximate surface area is 317 Å². The Morgan fingerprint density at radius 3 is 2.40 bits per heavy atom. The van der Waals surface area contributed by atoms with E-state index in [-0.39, 0.29) is 48.2 Å².